The van der Waals surface area contributed by atoms with E-state index < -0.39 is 0 Å². The van der Waals surface area contributed by atoms with E-state index in [0.717, 1.165) is 41.2 Å². The van der Waals surface area contributed by atoms with Crippen LogP contribution in [0.1, 0.15) is 16.7 Å². The van der Waals surface area contributed by atoms with Crippen molar-refractivity contribution >= 4 is 17.3 Å². The summed E-state index contributed by atoms with van der Waals surface area (Å²) in [4.78, 5) is 12.3. The molecule has 0 aliphatic rings. The zero-order valence-electron chi connectivity index (χ0n) is 16.4. The van der Waals surface area contributed by atoms with Crippen LogP contribution in [-0.2, 0) is 17.6 Å². The molecular formula is C24H26N2O2. The van der Waals surface area contributed by atoms with Crippen LogP contribution in [0.2, 0.25) is 0 Å². The lowest BCUT2D eigenvalue weighted by Gasteiger charge is -2.10. The van der Waals surface area contributed by atoms with Crippen LogP contribution < -0.4 is 15.4 Å². The molecule has 1 amide bonds. The van der Waals surface area contributed by atoms with Gasteiger partial charge in [-0.05, 0) is 66.4 Å². The van der Waals surface area contributed by atoms with Crippen LogP contribution in [0.5, 0.6) is 5.75 Å². The van der Waals surface area contributed by atoms with Gasteiger partial charge in [-0.2, -0.15) is 0 Å². The van der Waals surface area contributed by atoms with Crippen molar-refractivity contribution < 1.29 is 9.53 Å². The largest absolute Gasteiger partial charge is 0.497 e. The molecule has 28 heavy (non-hydrogen) atoms. The molecule has 3 aromatic rings. The first-order valence-corrected chi connectivity index (χ1v) is 9.45. The number of hydrogen-bond acceptors (Lipinski definition) is 3. The van der Waals surface area contributed by atoms with Crippen molar-refractivity contribution in [2.75, 3.05) is 24.3 Å². The summed E-state index contributed by atoms with van der Waals surface area (Å²) in [6.07, 6.45) is 1.31. The van der Waals surface area contributed by atoms with Gasteiger partial charge in [0, 0.05) is 17.9 Å². The Balaban J connectivity index is 1.46. The minimum absolute atomic E-state index is 0.00508. The van der Waals surface area contributed by atoms with Crippen molar-refractivity contribution in [2.24, 2.45) is 0 Å². The van der Waals surface area contributed by atoms with E-state index in [-0.39, 0.29) is 5.91 Å². The van der Waals surface area contributed by atoms with Crippen molar-refractivity contribution in [3.63, 3.8) is 0 Å². The van der Waals surface area contributed by atoms with Crippen LogP contribution in [0.4, 0.5) is 11.4 Å². The molecular weight excluding hydrogens is 348 g/mol. The van der Waals surface area contributed by atoms with Gasteiger partial charge >= 0.3 is 0 Å². The first-order chi connectivity index (χ1) is 13.6. The maximum absolute atomic E-state index is 12.3. The lowest BCUT2D eigenvalue weighted by atomic mass is 10.1. The highest BCUT2D eigenvalue weighted by atomic mass is 16.5. The third kappa shape index (κ3) is 5.61. The summed E-state index contributed by atoms with van der Waals surface area (Å²) in [5.41, 5.74) is 5.28. The summed E-state index contributed by atoms with van der Waals surface area (Å²) >= 11 is 0. The summed E-state index contributed by atoms with van der Waals surface area (Å²) < 4.78 is 5.17. The number of carbonyl (C=O) groups excluding carboxylic acids is 1. The minimum Gasteiger partial charge on any atom is -0.497 e. The quantitative estimate of drug-likeness (QED) is 0.593. The van der Waals surface area contributed by atoms with Crippen LogP contribution in [0, 0.1) is 6.92 Å². The maximum atomic E-state index is 12.3. The molecule has 0 heterocycles. The molecule has 0 radical (unpaired) electrons. The number of hydrogen-bond donors (Lipinski definition) is 2. The first kappa shape index (κ1) is 19.5. The van der Waals surface area contributed by atoms with Gasteiger partial charge in [-0.15, -0.1) is 0 Å². The Morgan fingerprint density at radius 1 is 0.893 bits per heavy atom. The molecule has 0 aliphatic heterocycles. The van der Waals surface area contributed by atoms with Crippen molar-refractivity contribution in [1.29, 1.82) is 0 Å². The average Bonchev–Trinajstić information content (AvgIpc) is 2.71. The van der Waals surface area contributed by atoms with Gasteiger partial charge in [0.2, 0.25) is 5.91 Å². The van der Waals surface area contributed by atoms with Crippen molar-refractivity contribution in [1.82, 2.24) is 0 Å². The second-order valence-electron chi connectivity index (χ2n) is 6.75. The summed E-state index contributed by atoms with van der Waals surface area (Å²) in [6, 6.07) is 23.9. The number of anilines is 2. The molecule has 0 atom stereocenters. The Labute approximate surface area is 166 Å². The second-order valence-corrected chi connectivity index (χ2v) is 6.75. The van der Waals surface area contributed by atoms with E-state index in [1.807, 2.05) is 67.6 Å². The monoisotopic (exact) mass is 374 g/mol. The number of amides is 1. The first-order valence-electron chi connectivity index (χ1n) is 9.45. The molecule has 3 rings (SSSR count). The SMILES string of the molecule is COc1ccc(CCNc2ccc(NC(=O)Cc3ccccc3C)cc2)cc1. The van der Waals surface area contributed by atoms with Gasteiger partial charge in [0.1, 0.15) is 5.75 Å². The highest BCUT2D eigenvalue weighted by molar-refractivity contribution is 5.92. The summed E-state index contributed by atoms with van der Waals surface area (Å²) in [5, 5.41) is 6.36. The Morgan fingerprint density at radius 2 is 1.57 bits per heavy atom. The topological polar surface area (TPSA) is 50.4 Å². The highest BCUT2D eigenvalue weighted by Crippen LogP contribution is 2.16. The predicted molar refractivity (Wildman–Crippen MR) is 115 cm³/mol. The predicted octanol–water partition coefficient (Wildman–Crippen LogP) is 4.84. The smallest absolute Gasteiger partial charge is 0.228 e. The number of rotatable bonds is 8. The fraction of sp³-hybridized carbons (Fsp3) is 0.208. The average molecular weight is 374 g/mol. The fourth-order valence-corrected chi connectivity index (χ4v) is 3.00. The Bertz CT molecular complexity index is 903. The molecule has 0 spiro atoms. The zero-order valence-corrected chi connectivity index (χ0v) is 16.4. The van der Waals surface area contributed by atoms with Crippen molar-refractivity contribution in [2.45, 2.75) is 19.8 Å². The molecule has 0 saturated carbocycles. The van der Waals surface area contributed by atoms with Gasteiger partial charge in [-0.3, -0.25) is 4.79 Å². The maximum Gasteiger partial charge on any atom is 0.228 e. The van der Waals surface area contributed by atoms with E-state index >= 15 is 0 Å². The van der Waals surface area contributed by atoms with Gasteiger partial charge in [0.05, 0.1) is 13.5 Å². The molecule has 0 aliphatic carbocycles. The number of carbonyl (C=O) groups is 1. The summed E-state index contributed by atoms with van der Waals surface area (Å²) in [7, 11) is 1.67. The lowest BCUT2D eigenvalue weighted by Crippen LogP contribution is -2.15. The summed E-state index contributed by atoms with van der Waals surface area (Å²) in [5.74, 6) is 0.867. The Kier molecular flexibility index (Phi) is 6.68. The van der Waals surface area contributed by atoms with Gasteiger partial charge in [0.25, 0.3) is 0 Å². The van der Waals surface area contributed by atoms with E-state index in [1.165, 1.54) is 5.56 Å². The molecule has 144 valence electrons. The molecule has 0 aromatic heterocycles. The molecule has 0 fully saturated rings. The highest BCUT2D eigenvalue weighted by Gasteiger charge is 2.06. The van der Waals surface area contributed by atoms with Gasteiger partial charge in [-0.1, -0.05) is 36.4 Å². The molecule has 4 nitrogen and oxygen atoms in total. The van der Waals surface area contributed by atoms with Crippen molar-refractivity contribution in [3.05, 3.63) is 89.5 Å². The number of benzene rings is 3. The molecule has 0 saturated heterocycles. The minimum atomic E-state index is -0.00508. The van der Waals surface area contributed by atoms with Gasteiger partial charge in [0.15, 0.2) is 0 Å². The van der Waals surface area contributed by atoms with Gasteiger partial charge in [-0.25, -0.2) is 0 Å². The fourth-order valence-electron chi connectivity index (χ4n) is 3.00. The Morgan fingerprint density at radius 3 is 2.25 bits per heavy atom. The third-order valence-electron chi connectivity index (χ3n) is 4.68. The van der Waals surface area contributed by atoms with E-state index in [9.17, 15) is 4.79 Å². The van der Waals surface area contributed by atoms with E-state index in [1.54, 1.807) is 7.11 Å². The van der Waals surface area contributed by atoms with E-state index in [0.29, 0.717) is 6.42 Å². The normalized spacial score (nSPS) is 10.4. The lowest BCUT2D eigenvalue weighted by molar-refractivity contribution is -0.115. The van der Waals surface area contributed by atoms with E-state index in [2.05, 4.69) is 22.8 Å². The van der Waals surface area contributed by atoms with Crippen molar-refractivity contribution in [3.8, 4) is 5.75 Å². The van der Waals surface area contributed by atoms with Crippen LogP contribution in [-0.4, -0.2) is 19.6 Å². The second kappa shape index (κ2) is 9.60. The zero-order chi connectivity index (χ0) is 19.8. The van der Waals surface area contributed by atoms with Gasteiger partial charge < -0.3 is 15.4 Å². The third-order valence-corrected chi connectivity index (χ3v) is 4.68. The van der Waals surface area contributed by atoms with Crippen LogP contribution in [0.25, 0.3) is 0 Å². The summed E-state index contributed by atoms with van der Waals surface area (Å²) in [6.45, 7) is 2.86. The van der Waals surface area contributed by atoms with Crippen LogP contribution in [0.15, 0.2) is 72.8 Å². The number of methoxy groups -OCH3 is 1. The number of aryl methyl sites for hydroxylation is 1. The molecule has 0 unspecified atom stereocenters. The number of nitrogens with one attached hydrogen (secondary N) is 2. The molecule has 2 N–H and O–H groups in total. The van der Waals surface area contributed by atoms with Crippen LogP contribution in [0.3, 0.4) is 0 Å². The van der Waals surface area contributed by atoms with Crippen LogP contribution >= 0.6 is 0 Å². The number of ether oxygens (including phenoxy) is 1. The molecule has 4 heteroatoms. The van der Waals surface area contributed by atoms with E-state index in [4.69, 9.17) is 4.74 Å². The molecule has 0 bridgehead atoms. The Hall–Kier alpha value is -3.27. The molecule has 3 aromatic carbocycles. The standard InChI is InChI=1S/C24H26N2O2/c1-18-5-3-4-6-20(18)17-24(27)26-22-11-9-21(10-12-22)25-16-15-19-7-13-23(28-2)14-8-19/h3-14,25H,15-17H2,1-2H3,(H,26,27).